The molecule has 1 unspecified atom stereocenters. The standard InChI is InChI=1S/C24H27NO4/c1-2-13-24(21-9-5-3-6-10-21,14-15-25-16-18-27-19-17-25)29-23(26)20-28-22-11-7-4-8-12-22/h1,3-12H,13-20H2. The number of carbonyl (C=O) groups is 1. The summed E-state index contributed by atoms with van der Waals surface area (Å²) in [7, 11) is 0. The Bertz CT molecular complexity index is 797. The second kappa shape index (κ2) is 10.7. The number of rotatable bonds is 9. The van der Waals surface area contributed by atoms with Gasteiger partial charge in [0, 0.05) is 26.1 Å². The number of ether oxygens (including phenoxy) is 3. The average molecular weight is 393 g/mol. The maximum absolute atomic E-state index is 12.7. The first kappa shape index (κ1) is 20.9. The van der Waals surface area contributed by atoms with Crippen molar-refractivity contribution in [2.24, 2.45) is 0 Å². The number of benzene rings is 2. The maximum atomic E-state index is 12.7. The highest BCUT2D eigenvalue weighted by Crippen LogP contribution is 2.34. The Morgan fingerprint density at radius 3 is 2.38 bits per heavy atom. The van der Waals surface area contributed by atoms with Crippen molar-refractivity contribution in [3.63, 3.8) is 0 Å². The molecule has 1 saturated heterocycles. The van der Waals surface area contributed by atoms with E-state index in [1.54, 1.807) is 12.1 Å². The van der Waals surface area contributed by atoms with Crippen LogP contribution in [-0.4, -0.2) is 50.3 Å². The monoisotopic (exact) mass is 393 g/mol. The van der Waals surface area contributed by atoms with Crippen LogP contribution in [0.5, 0.6) is 5.75 Å². The number of hydrogen-bond acceptors (Lipinski definition) is 5. The van der Waals surface area contributed by atoms with E-state index < -0.39 is 11.6 Å². The molecule has 1 heterocycles. The number of nitrogens with zero attached hydrogens (tertiary/aromatic N) is 1. The Hall–Kier alpha value is -2.81. The zero-order valence-electron chi connectivity index (χ0n) is 16.6. The van der Waals surface area contributed by atoms with Gasteiger partial charge in [-0.3, -0.25) is 4.90 Å². The van der Waals surface area contributed by atoms with Crippen molar-refractivity contribution in [3.05, 3.63) is 66.2 Å². The third-order valence-electron chi connectivity index (χ3n) is 5.03. The fraction of sp³-hybridized carbons (Fsp3) is 0.375. The molecule has 2 aromatic carbocycles. The minimum atomic E-state index is -0.883. The molecule has 1 atom stereocenters. The number of morpholine rings is 1. The fourth-order valence-electron chi connectivity index (χ4n) is 3.46. The van der Waals surface area contributed by atoms with E-state index in [0.29, 0.717) is 18.6 Å². The second-order valence-corrected chi connectivity index (χ2v) is 7.02. The molecule has 1 fully saturated rings. The summed E-state index contributed by atoms with van der Waals surface area (Å²) in [6.45, 7) is 3.78. The number of hydrogen-bond donors (Lipinski definition) is 0. The van der Waals surface area contributed by atoms with Crippen molar-refractivity contribution >= 4 is 5.97 Å². The van der Waals surface area contributed by atoms with Crippen LogP contribution in [0.15, 0.2) is 60.7 Å². The van der Waals surface area contributed by atoms with Gasteiger partial charge >= 0.3 is 5.97 Å². The minimum absolute atomic E-state index is 0.166. The van der Waals surface area contributed by atoms with Crippen LogP contribution < -0.4 is 4.74 Å². The van der Waals surface area contributed by atoms with Gasteiger partial charge in [0.2, 0.25) is 0 Å². The molecule has 0 amide bonds. The third kappa shape index (κ3) is 6.08. The quantitative estimate of drug-likeness (QED) is 0.484. The van der Waals surface area contributed by atoms with Crippen LogP contribution >= 0.6 is 0 Å². The molecule has 0 radical (unpaired) electrons. The highest BCUT2D eigenvalue weighted by Gasteiger charge is 2.36. The first-order valence-corrected chi connectivity index (χ1v) is 9.91. The van der Waals surface area contributed by atoms with Gasteiger partial charge in [0.1, 0.15) is 11.4 Å². The van der Waals surface area contributed by atoms with Gasteiger partial charge in [-0.15, -0.1) is 12.3 Å². The van der Waals surface area contributed by atoms with Crippen LogP contribution in [0.4, 0.5) is 0 Å². The molecule has 3 rings (SSSR count). The molecule has 29 heavy (non-hydrogen) atoms. The van der Waals surface area contributed by atoms with Crippen LogP contribution in [0, 0.1) is 12.3 Å². The number of terminal acetylenes is 1. The predicted molar refractivity (Wildman–Crippen MR) is 111 cm³/mol. The fourth-order valence-corrected chi connectivity index (χ4v) is 3.46. The predicted octanol–water partition coefficient (Wildman–Crippen LogP) is 3.25. The molecule has 0 saturated carbocycles. The molecule has 0 spiro atoms. The van der Waals surface area contributed by atoms with E-state index in [4.69, 9.17) is 20.6 Å². The molecule has 1 aliphatic heterocycles. The topological polar surface area (TPSA) is 48.0 Å². The first-order valence-electron chi connectivity index (χ1n) is 9.91. The molecular weight excluding hydrogens is 366 g/mol. The summed E-state index contributed by atoms with van der Waals surface area (Å²) in [6.07, 6.45) is 6.61. The normalized spacial score (nSPS) is 16.4. The highest BCUT2D eigenvalue weighted by molar-refractivity contribution is 5.72. The molecule has 2 aromatic rings. The molecule has 0 bridgehead atoms. The summed E-state index contributed by atoms with van der Waals surface area (Å²) in [5.41, 5.74) is 0.0186. The van der Waals surface area contributed by atoms with E-state index in [2.05, 4.69) is 10.8 Å². The van der Waals surface area contributed by atoms with Crippen LogP contribution in [0.25, 0.3) is 0 Å². The second-order valence-electron chi connectivity index (χ2n) is 7.02. The van der Waals surface area contributed by atoms with Crippen molar-refractivity contribution in [3.8, 4) is 18.1 Å². The Morgan fingerprint density at radius 2 is 1.72 bits per heavy atom. The van der Waals surface area contributed by atoms with Crippen molar-refractivity contribution < 1.29 is 19.0 Å². The molecule has 0 aromatic heterocycles. The maximum Gasteiger partial charge on any atom is 0.345 e. The van der Waals surface area contributed by atoms with Gasteiger partial charge in [-0.2, -0.15) is 0 Å². The smallest absolute Gasteiger partial charge is 0.345 e. The summed E-state index contributed by atoms with van der Waals surface area (Å²) < 4.78 is 17.0. The molecule has 5 nitrogen and oxygen atoms in total. The SMILES string of the molecule is C#CCC(CCN1CCOCC1)(OC(=O)COc1ccccc1)c1ccccc1. The molecule has 152 valence electrons. The van der Waals surface area contributed by atoms with Crippen LogP contribution in [0.2, 0.25) is 0 Å². The number of esters is 1. The summed E-state index contributed by atoms with van der Waals surface area (Å²) in [5.74, 6) is 2.90. The van der Waals surface area contributed by atoms with E-state index in [9.17, 15) is 4.79 Å². The lowest BCUT2D eigenvalue weighted by molar-refractivity contribution is -0.164. The Kier molecular flexibility index (Phi) is 7.69. The molecule has 0 N–H and O–H groups in total. The molecule has 1 aliphatic rings. The Morgan fingerprint density at radius 1 is 1.07 bits per heavy atom. The zero-order chi connectivity index (χ0) is 20.4. The number of para-hydroxylation sites is 1. The summed E-state index contributed by atoms with van der Waals surface area (Å²) in [6, 6.07) is 18.9. The van der Waals surface area contributed by atoms with Crippen molar-refractivity contribution in [1.29, 1.82) is 0 Å². The van der Waals surface area contributed by atoms with Gasteiger partial charge in [-0.05, 0) is 17.7 Å². The largest absolute Gasteiger partial charge is 0.482 e. The molecule has 0 aliphatic carbocycles. The van der Waals surface area contributed by atoms with E-state index in [1.807, 2.05) is 48.5 Å². The lowest BCUT2D eigenvalue weighted by Gasteiger charge is -2.35. The highest BCUT2D eigenvalue weighted by atomic mass is 16.6. The summed E-state index contributed by atoms with van der Waals surface area (Å²) in [4.78, 5) is 15.0. The minimum Gasteiger partial charge on any atom is -0.482 e. The van der Waals surface area contributed by atoms with Crippen LogP contribution in [0.1, 0.15) is 18.4 Å². The van der Waals surface area contributed by atoms with Gasteiger partial charge in [-0.1, -0.05) is 48.5 Å². The summed E-state index contributed by atoms with van der Waals surface area (Å²) >= 11 is 0. The van der Waals surface area contributed by atoms with Crippen molar-refractivity contribution in [2.45, 2.75) is 18.4 Å². The van der Waals surface area contributed by atoms with Gasteiger partial charge in [0.25, 0.3) is 0 Å². The van der Waals surface area contributed by atoms with Gasteiger partial charge in [0.15, 0.2) is 6.61 Å². The first-order chi connectivity index (χ1) is 14.2. The van der Waals surface area contributed by atoms with Gasteiger partial charge < -0.3 is 14.2 Å². The number of carbonyl (C=O) groups excluding carboxylic acids is 1. The summed E-state index contributed by atoms with van der Waals surface area (Å²) in [5, 5.41) is 0. The zero-order valence-corrected chi connectivity index (χ0v) is 16.6. The Balaban J connectivity index is 1.73. The third-order valence-corrected chi connectivity index (χ3v) is 5.03. The van der Waals surface area contributed by atoms with E-state index >= 15 is 0 Å². The van der Waals surface area contributed by atoms with Gasteiger partial charge in [-0.25, -0.2) is 4.79 Å². The lowest BCUT2D eigenvalue weighted by atomic mass is 9.86. The van der Waals surface area contributed by atoms with E-state index in [1.165, 1.54) is 0 Å². The van der Waals surface area contributed by atoms with Crippen molar-refractivity contribution in [2.75, 3.05) is 39.5 Å². The van der Waals surface area contributed by atoms with Gasteiger partial charge in [0.05, 0.1) is 19.6 Å². The molecule has 5 heteroatoms. The van der Waals surface area contributed by atoms with Crippen LogP contribution in [-0.2, 0) is 19.9 Å². The average Bonchev–Trinajstić information content (AvgIpc) is 2.78. The van der Waals surface area contributed by atoms with E-state index in [-0.39, 0.29) is 6.61 Å². The Labute approximate surface area is 172 Å². The lowest BCUT2D eigenvalue weighted by Crippen LogP contribution is -2.42. The van der Waals surface area contributed by atoms with Crippen LogP contribution in [0.3, 0.4) is 0 Å². The van der Waals surface area contributed by atoms with Crippen molar-refractivity contribution in [1.82, 2.24) is 4.90 Å². The molecular formula is C24H27NO4. The van der Waals surface area contributed by atoms with E-state index in [0.717, 1.165) is 38.4 Å².